The number of likely N-dealkylation sites (tertiary alicyclic amines) is 1. The number of pyridine rings is 1. The van der Waals surface area contributed by atoms with E-state index in [0.29, 0.717) is 53.6 Å². The number of hydrogen-bond acceptors (Lipinski definition) is 9. The number of carbonyl (C=O) groups excluding carboxylic acids is 1. The third-order valence-electron chi connectivity index (χ3n) is 7.91. The minimum absolute atomic E-state index is 0.00858. The molecule has 13 heteroatoms. The van der Waals surface area contributed by atoms with Crippen LogP contribution in [0.15, 0.2) is 41.7 Å². The predicted octanol–water partition coefficient (Wildman–Crippen LogP) is 5.07. The maximum absolute atomic E-state index is 13.1. The second-order valence-electron chi connectivity index (χ2n) is 10.8. The van der Waals surface area contributed by atoms with Gasteiger partial charge in [-0.15, -0.1) is 11.3 Å². The highest BCUT2D eigenvalue weighted by Gasteiger charge is 2.45. The molecule has 1 saturated heterocycles. The highest BCUT2D eigenvalue weighted by molar-refractivity contribution is 7.91. The van der Waals surface area contributed by atoms with E-state index in [1.165, 1.54) is 23.7 Å². The van der Waals surface area contributed by atoms with Gasteiger partial charge in [0.15, 0.2) is 10.7 Å². The molecule has 1 fully saturated rings. The number of piperidine rings is 1. The lowest BCUT2D eigenvalue weighted by atomic mass is 9.83. The van der Waals surface area contributed by atoms with Crippen molar-refractivity contribution in [2.45, 2.75) is 75.4 Å². The molecule has 1 N–H and O–H groups in total. The maximum Gasteiger partial charge on any atom is 0.451 e. The summed E-state index contributed by atoms with van der Waals surface area (Å²) in [6.45, 7) is 7.84. The Labute approximate surface area is 250 Å². The number of hydrogen-bond donors (Lipinski definition) is 1. The number of alkyl halides is 3. The van der Waals surface area contributed by atoms with Crippen molar-refractivity contribution in [1.29, 1.82) is 0 Å². The summed E-state index contributed by atoms with van der Waals surface area (Å²) in [6.07, 6.45) is 1.75. The number of nitrogens with zero attached hydrogens (tertiary/aromatic N) is 4. The highest BCUT2D eigenvalue weighted by Crippen LogP contribution is 2.48. The molecule has 3 atom stereocenters. The monoisotopic (exact) mass is 621 g/mol. The van der Waals surface area contributed by atoms with Crippen LogP contribution in [0.4, 0.5) is 13.2 Å². The molecule has 42 heavy (non-hydrogen) atoms. The smallest absolute Gasteiger partial charge is 0.451 e. The molecule has 0 saturated carbocycles. The zero-order chi connectivity index (χ0) is 30.1. The van der Waals surface area contributed by atoms with E-state index in [2.05, 4.69) is 25.2 Å². The van der Waals surface area contributed by atoms with Crippen molar-refractivity contribution in [2.24, 2.45) is 0 Å². The summed E-state index contributed by atoms with van der Waals surface area (Å²) >= 11 is 0.460. The number of carbonyl (C=O) groups is 1. The lowest BCUT2D eigenvalue weighted by Gasteiger charge is -2.47. The molecule has 0 bridgehead atoms. The predicted molar refractivity (Wildman–Crippen MR) is 154 cm³/mol. The van der Waals surface area contributed by atoms with Gasteiger partial charge in [-0.05, 0) is 75.0 Å². The Morgan fingerprint density at radius 1 is 1.24 bits per heavy atom. The van der Waals surface area contributed by atoms with Crippen molar-refractivity contribution in [3.05, 3.63) is 69.2 Å². The summed E-state index contributed by atoms with van der Waals surface area (Å²) in [7, 11) is 0. The number of thiophene rings is 1. The quantitative estimate of drug-likeness (QED) is 0.261. The van der Waals surface area contributed by atoms with Gasteiger partial charge in [0.1, 0.15) is 11.4 Å². The van der Waals surface area contributed by atoms with Gasteiger partial charge in [-0.3, -0.25) is 14.7 Å². The zero-order valence-electron chi connectivity index (χ0n) is 23.7. The molecule has 2 aliphatic heterocycles. The number of nitrogens with one attached hydrogen (secondary N) is 1. The largest absolute Gasteiger partial charge is 0.611 e. The van der Waals surface area contributed by atoms with E-state index in [9.17, 15) is 22.5 Å². The first kappa shape index (κ1) is 31.0. The van der Waals surface area contributed by atoms with Crippen molar-refractivity contribution in [3.8, 4) is 0 Å². The van der Waals surface area contributed by atoms with E-state index in [0.717, 1.165) is 22.6 Å². The number of aromatic nitrogens is 3. The molecular weight excluding hydrogens is 587 g/mol. The standard InChI is InChI=1S/C29H34F3N5O3S2/c1-4-42(39)23-6-5-22(34-16-23)15-33-17-24(38)25-12-20-11-18(2)40-28(26(20)41-25)7-9-37(10-8-28)19(3)21-13-35-27(36-14-21)29(30,31)32/h5-6,12-14,16,18-19,33H,4,7-11,15,17H2,1-3H3/t18-,19+,42?/m0/s1. The number of ether oxygens (including phenoxy) is 1. The van der Waals surface area contributed by atoms with Crippen LogP contribution in [-0.2, 0) is 40.7 Å². The average Bonchev–Trinajstić information content (AvgIpc) is 3.42. The maximum atomic E-state index is 13.1. The van der Waals surface area contributed by atoms with Crippen molar-refractivity contribution >= 4 is 28.3 Å². The van der Waals surface area contributed by atoms with Gasteiger partial charge in [0.2, 0.25) is 5.82 Å². The molecule has 2 aliphatic rings. The Kier molecular flexibility index (Phi) is 9.36. The Bertz CT molecular complexity index is 1380. The molecule has 1 unspecified atom stereocenters. The van der Waals surface area contributed by atoms with E-state index < -0.39 is 28.8 Å². The third-order valence-corrected chi connectivity index (χ3v) is 10.6. The normalized spacial score (nSPS) is 20.3. The summed E-state index contributed by atoms with van der Waals surface area (Å²) in [4.78, 5) is 29.2. The van der Waals surface area contributed by atoms with Crippen LogP contribution < -0.4 is 5.32 Å². The second kappa shape index (κ2) is 12.7. The fourth-order valence-electron chi connectivity index (χ4n) is 5.63. The number of fused-ring (bicyclic) bond motifs is 2. The summed E-state index contributed by atoms with van der Waals surface area (Å²) in [5, 5.41) is 3.18. The Morgan fingerprint density at radius 3 is 2.57 bits per heavy atom. The fourth-order valence-corrected chi connectivity index (χ4v) is 7.67. The first-order chi connectivity index (χ1) is 20.0. The van der Waals surface area contributed by atoms with Crippen molar-refractivity contribution in [3.63, 3.8) is 0 Å². The van der Waals surface area contributed by atoms with E-state index in [4.69, 9.17) is 4.74 Å². The van der Waals surface area contributed by atoms with Crippen LogP contribution in [0.25, 0.3) is 0 Å². The summed E-state index contributed by atoms with van der Waals surface area (Å²) in [5.74, 6) is -0.587. The molecule has 3 aromatic heterocycles. The van der Waals surface area contributed by atoms with Crippen LogP contribution in [0, 0.1) is 0 Å². The molecule has 5 heterocycles. The van der Waals surface area contributed by atoms with E-state index in [-0.39, 0.29) is 24.5 Å². The van der Waals surface area contributed by atoms with Gasteiger partial charge in [-0.1, -0.05) is 0 Å². The summed E-state index contributed by atoms with van der Waals surface area (Å²) in [5.41, 5.74) is 2.08. The zero-order valence-corrected chi connectivity index (χ0v) is 25.4. The van der Waals surface area contributed by atoms with Crippen molar-refractivity contribution in [2.75, 3.05) is 25.4 Å². The van der Waals surface area contributed by atoms with E-state index in [1.807, 2.05) is 39.0 Å². The topological polar surface area (TPSA) is 103 Å². The Balaban J connectivity index is 1.21. The first-order valence-corrected chi connectivity index (χ1v) is 16.1. The fraction of sp³-hybridized carbons (Fsp3) is 0.517. The number of ketones is 1. The minimum Gasteiger partial charge on any atom is -0.611 e. The Morgan fingerprint density at radius 2 is 1.95 bits per heavy atom. The molecule has 0 aromatic carbocycles. The van der Waals surface area contributed by atoms with E-state index in [1.54, 1.807) is 6.20 Å². The molecule has 0 radical (unpaired) electrons. The van der Waals surface area contributed by atoms with Crippen LogP contribution >= 0.6 is 11.3 Å². The van der Waals surface area contributed by atoms with Crippen LogP contribution in [0.3, 0.4) is 0 Å². The lowest BCUT2D eigenvalue weighted by molar-refractivity contribution is -0.145. The molecular formula is C29H34F3N5O3S2. The van der Waals surface area contributed by atoms with Crippen molar-refractivity contribution in [1.82, 2.24) is 25.2 Å². The lowest BCUT2D eigenvalue weighted by Crippen LogP contribution is -2.48. The third kappa shape index (κ3) is 6.71. The van der Waals surface area contributed by atoms with Gasteiger partial charge in [0, 0.05) is 48.5 Å². The van der Waals surface area contributed by atoms with Crippen LogP contribution in [-0.4, -0.2) is 61.7 Å². The van der Waals surface area contributed by atoms with Crippen LogP contribution in [0.2, 0.25) is 0 Å². The van der Waals surface area contributed by atoms with Gasteiger partial charge < -0.3 is 14.6 Å². The molecule has 5 rings (SSSR count). The van der Waals surface area contributed by atoms with Gasteiger partial charge in [-0.2, -0.15) is 13.2 Å². The first-order valence-electron chi connectivity index (χ1n) is 14.0. The second-order valence-corrected chi connectivity index (χ2v) is 13.6. The number of Topliss-reactive ketones (excluding diaryl/α,β-unsaturated/α-hetero) is 1. The summed E-state index contributed by atoms with van der Waals surface area (Å²) in [6, 6.07) is 5.50. The summed E-state index contributed by atoms with van der Waals surface area (Å²) < 4.78 is 57.1. The molecule has 1 spiro atoms. The van der Waals surface area contributed by atoms with Crippen molar-refractivity contribution < 1.29 is 27.3 Å². The average molecular weight is 622 g/mol. The number of rotatable bonds is 9. The molecule has 8 nitrogen and oxygen atoms in total. The van der Waals surface area contributed by atoms with Gasteiger partial charge in [0.05, 0.1) is 29.4 Å². The number of halogens is 3. The van der Waals surface area contributed by atoms with Crippen LogP contribution in [0.5, 0.6) is 0 Å². The van der Waals surface area contributed by atoms with Crippen LogP contribution in [0.1, 0.15) is 76.8 Å². The minimum atomic E-state index is -4.57. The molecule has 226 valence electrons. The highest BCUT2D eigenvalue weighted by atomic mass is 32.2. The van der Waals surface area contributed by atoms with E-state index >= 15 is 0 Å². The van der Waals surface area contributed by atoms with Gasteiger partial charge in [0.25, 0.3) is 0 Å². The molecule has 3 aromatic rings. The molecule has 0 aliphatic carbocycles. The Hall–Kier alpha value is -2.42. The molecule has 0 amide bonds. The van der Waals surface area contributed by atoms with Gasteiger partial charge in [-0.25, -0.2) is 9.97 Å². The SMILES string of the molecule is CC[S+]([O-])c1ccc(CNCC(=O)c2cc3c(s2)C2(CCN([C@H](C)c4cnc(C(F)(F)F)nc4)CC2)O[C@@H](C)C3)nc1. The van der Waals surface area contributed by atoms with Gasteiger partial charge >= 0.3 is 6.18 Å².